The molecule has 0 spiro atoms. The number of carbonyl (C=O) groups excluding carboxylic acids is 1. The first-order valence-corrected chi connectivity index (χ1v) is 7.81. The SMILES string of the molecule is O=C(Nc1ccccc1)C1CCC(O)(c2ccccc2)CC1. The van der Waals surface area contributed by atoms with E-state index < -0.39 is 5.60 Å². The van der Waals surface area contributed by atoms with E-state index in [1.165, 1.54) is 0 Å². The predicted molar refractivity (Wildman–Crippen MR) is 87.4 cm³/mol. The summed E-state index contributed by atoms with van der Waals surface area (Å²) in [5.41, 5.74) is 0.999. The normalized spacial score (nSPS) is 24.7. The van der Waals surface area contributed by atoms with Crippen LogP contribution >= 0.6 is 0 Å². The lowest BCUT2D eigenvalue weighted by Crippen LogP contribution is -2.35. The van der Waals surface area contributed by atoms with Crippen molar-refractivity contribution in [3.05, 3.63) is 66.2 Å². The fourth-order valence-electron chi connectivity index (χ4n) is 3.16. The fourth-order valence-corrected chi connectivity index (χ4v) is 3.16. The van der Waals surface area contributed by atoms with Crippen molar-refractivity contribution in [2.24, 2.45) is 5.92 Å². The number of carbonyl (C=O) groups is 1. The summed E-state index contributed by atoms with van der Waals surface area (Å²) in [6.45, 7) is 0. The third-order valence-corrected chi connectivity index (χ3v) is 4.54. The molecule has 2 N–H and O–H groups in total. The van der Waals surface area contributed by atoms with Crippen LogP contribution in [0.15, 0.2) is 60.7 Å². The fraction of sp³-hybridized carbons (Fsp3) is 0.316. The maximum absolute atomic E-state index is 12.3. The van der Waals surface area contributed by atoms with E-state index in [1.807, 2.05) is 60.7 Å². The van der Waals surface area contributed by atoms with Crippen LogP contribution < -0.4 is 5.32 Å². The summed E-state index contributed by atoms with van der Waals surface area (Å²) in [7, 11) is 0. The Labute approximate surface area is 131 Å². The molecule has 1 aliphatic rings. The predicted octanol–water partition coefficient (Wildman–Crippen LogP) is 3.70. The van der Waals surface area contributed by atoms with Gasteiger partial charge < -0.3 is 10.4 Å². The molecule has 0 heterocycles. The molecule has 3 nitrogen and oxygen atoms in total. The number of anilines is 1. The van der Waals surface area contributed by atoms with Gasteiger partial charge in [0.15, 0.2) is 0 Å². The number of para-hydroxylation sites is 1. The molecule has 0 aliphatic heterocycles. The molecule has 0 radical (unpaired) electrons. The van der Waals surface area contributed by atoms with Crippen molar-refractivity contribution in [2.75, 3.05) is 5.32 Å². The van der Waals surface area contributed by atoms with Crippen molar-refractivity contribution in [1.82, 2.24) is 0 Å². The Hall–Kier alpha value is -2.13. The van der Waals surface area contributed by atoms with Crippen LogP contribution in [-0.2, 0) is 10.4 Å². The summed E-state index contributed by atoms with van der Waals surface area (Å²) in [4.78, 5) is 12.3. The van der Waals surface area contributed by atoms with E-state index in [2.05, 4.69) is 5.32 Å². The van der Waals surface area contributed by atoms with E-state index in [1.54, 1.807) is 0 Å². The molecule has 0 bridgehead atoms. The third-order valence-electron chi connectivity index (χ3n) is 4.54. The average Bonchev–Trinajstić information content (AvgIpc) is 2.57. The summed E-state index contributed by atoms with van der Waals surface area (Å²) in [5, 5.41) is 13.8. The average molecular weight is 295 g/mol. The zero-order chi connectivity index (χ0) is 15.4. The topological polar surface area (TPSA) is 49.3 Å². The highest BCUT2D eigenvalue weighted by Gasteiger charge is 2.36. The number of hydrogen-bond donors (Lipinski definition) is 2. The van der Waals surface area contributed by atoms with Crippen molar-refractivity contribution in [1.29, 1.82) is 0 Å². The van der Waals surface area contributed by atoms with E-state index >= 15 is 0 Å². The van der Waals surface area contributed by atoms with Gasteiger partial charge >= 0.3 is 0 Å². The van der Waals surface area contributed by atoms with Gasteiger partial charge in [0.05, 0.1) is 5.60 Å². The quantitative estimate of drug-likeness (QED) is 0.907. The van der Waals surface area contributed by atoms with E-state index in [0.29, 0.717) is 25.7 Å². The van der Waals surface area contributed by atoms with Crippen LogP contribution in [0.1, 0.15) is 31.2 Å². The second-order valence-electron chi connectivity index (χ2n) is 6.03. The number of benzene rings is 2. The summed E-state index contributed by atoms with van der Waals surface area (Å²) in [6, 6.07) is 19.3. The van der Waals surface area contributed by atoms with Gasteiger partial charge in [-0.1, -0.05) is 48.5 Å². The Bertz CT molecular complexity index is 616. The van der Waals surface area contributed by atoms with Crippen LogP contribution in [0.25, 0.3) is 0 Å². The molecule has 3 rings (SSSR count). The molecule has 22 heavy (non-hydrogen) atoms. The lowest BCUT2D eigenvalue weighted by atomic mass is 9.75. The molecule has 0 saturated heterocycles. The molecule has 0 unspecified atom stereocenters. The minimum absolute atomic E-state index is 0.0239. The van der Waals surface area contributed by atoms with Gasteiger partial charge in [-0.2, -0.15) is 0 Å². The van der Waals surface area contributed by atoms with Crippen LogP contribution in [0.4, 0.5) is 5.69 Å². The molecule has 0 atom stereocenters. The lowest BCUT2D eigenvalue weighted by molar-refractivity contribution is -0.123. The first-order chi connectivity index (χ1) is 10.7. The number of hydrogen-bond acceptors (Lipinski definition) is 2. The standard InChI is InChI=1S/C19H21NO2/c21-18(20-17-9-5-2-6-10-17)15-11-13-19(22,14-12-15)16-7-3-1-4-8-16/h1-10,15,22H,11-14H2,(H,20,21). The van der Waals surface area contributed by atoms with Crippen molar-refractivity contribution < 1.29 is 9.90 Å². The monoisotopic (exact) mass is 295 g/mol. The Balaban J connectivity index is 1.61. The summed E-state index contributed by atoms with van der Waals surface area (Å²) < 4.78 is 0. The zero-order valence-electron chi connectivity index (χ0n) is 12.5. The summed E-state index contributed by atoms with van der Waals surface area (Å²) >= 11 is 0. The van der Waals surface area contributed by atoms with Crippen molar-refractivity contribution in [3.63, 3.8) is 0 Å². The first kappa shape index (κ1) is 14.8. The van der Waals surface area contributed by atoms with Gasteiger partial charge in [0, 0.05) is 11.6 Å². The van der Waals surface area contributed by atoms with Crippen LogP contribution in [0, 0.1) is 5.92 Å². The minimum atomic E-state index is -0.787. The van der Waals surface area contributed by atoms with Gasteiger partial charge in [-0.3, -0.25) is 4.79 Å². The van der Waals surface area contributed by atoms with Crippen molar-refractivity contribution in [3.8, 4) is 0 Å². The molecule has 1 amide bonds. The molecule has 1 fully saturated rings. The molecular formula is C19H21NO2. The van der Waals surface area contributed by atoms with Crippen molar-refractivity contribution in [2.45, 2.75) is 31.3 Å². The molecular weight excluding hydrogens is 274 g/mol. The van der Waals surface area contributed by atoms with Crippen LogP contribution in [0.3, 0.4) is 0 Å². The first-order valence-electron chi connectivity index (χ1n) is 7.81. The Kier molecular flexibility index (Phi) is 4.25. The summed E-state index contributed by atoms with van der Waals surface area (Å²) in [5.74, 6) is 0.0329. The van der Waals surface area contributed by atoms with E-state index in [4.69, 9.17) is 0 Å². The maximum atomic E-state index is 12.3. The number of nitrogens with one attached hydrogen (secondary N) is 1. The zero-order valence-corrected chi connectivity index (χ0v) is 12.5. The maximum Gasteiger partial charge on any atom is 0.227 e. The largest absolute Gasteiger partial charge is 0.385 e. The Morgan fingerprint density at radius 2 is 1.50 bits per heavy atom. The Morgan fingerprint density at radius 3 is 2.09 bits per heavy atom. The molecule has 1 saturated carbocycles. The third kappa shape index (κ3) is 3.20. The molecule has 2 aromatic rings. The van der Waals surface area contributed by atoms with Gasteiger partial charge in [0.25, 0.3) is 0 Å². The molecule has 3 heteroatoms. The number of amides is 1. The molecule has 114 valence electrons. The Morgan fingerprint density at radius 1 is 0.955 bits per heavy atom. The van der Waals surface area contributed by atoms with Crippen molar-refractivity contribution >= 4 is 11.6 Å². The van der Waals surface area contributed by atoms with Crippen LogP contribution in [0.2, 0.25) is 0 Å². The number of rotatable bonds is 3. The highest BCUT2D eigenvalue weighted by atomic mass is 16.3. The lowest BCUT2D eigenvalue weighted by Gasteiger charge is -2.35. The highest BCUT2D eigenvalue weighted by Crippen LogP contribution is 2.39. The van der Waals surface area contributed by atoms with Gasteiger partial charge in [0.1, 0.15) is 0 Å². The number of aliphatic hydroxyl groups is 1. The molecule has 1 aliphatic carbocycles. The van der Waals surface area contributed by atoms with E-state index in [-0.39, 0.29) is 11.8 Å². The summed E-state index contributed by atoms with van der Waals surface area (Å²) in [6.07, 6.45) is 2.68. The van der Waals surface area contributed by atoms with Gasteiger partial charge in [0.2, 0.25) is 5.91 Å². The van der Waals surface area contributed by atoms with Gasteiger partial charge in [-0.25, -0.2) is 0 Å². The van der Waals surface area contributed by atoms with Crippen LogP contribution in [-0.4, -0.2) is 11.0 Å². The molecule has 2 aromatic carbocycles. The van der Waals surface area contributed by atoms with E-state index in [9.17, 15) is 9.90 Å². The van der Waals surface area contributed by atoms with Gasteiger partial charge in [-0.15, -0.1) is 0 Å². The van der Waals surface area contributed by atoms with E-state index in [0.717, 1.165) is 11.3 Å². The van der Waals surface area contributed by atoms with Crippen LogP contribution in [0.5, 0.6) is 0 Å². The second kappa shape index (κ2) is 6.32. The second-order valence-corrected chi connectivity index (χ2v) is 6.03. The smallest absolute Gasteiger partial charge is 0.227 e. The molecule has 0 aromatic heterocycles. The highest BCUT2D eigenvalue weighted by molar-refractivity contribution is 5.92. The minimum Gasteiger partial charge on any atom is -0.385 e. The van der Waals surface area contributed by atoms with Gasteiger partial charge in [-0.05, 0) is 43.4 Å².